The zero-order valence-electron chi connectivity index (χ0n) is 8.86. The van der Waals surface area contributed by atoms with Gasteiger partial charge in [-0.1, -0.05) is 32.0 Å². The number of para-hydroxylation sites is 1. The van der Waals surface area contributed by atoms with Crippen LogP contribution in [-0.4, -0.2) is 18.3 Å². The predicted molar refractivity (Wildman–Crippen MR) is 57.4 cm³/mol. The van der Waals surface area contributed by atoms with Crippen LogP contribution in [-0.2, 0) is 0 Å². The average Bonchev–Trinajstić information content (AvgIpc) is 2.19. The summed E-state index contributed by atoms with van der Waals surface area (Å²) in [5, 5.41) is 9.04. The number of rotatable bonds is 5. The maximum atomic E-state index is 9.04. The Labute approximate surface area is 85.5 Å². The third-order valence-electron chi connectivity index (χ3n) is 2.22. The Morgan fingerprint density at radius 1 is 1.21 bits per heavy atom. The molecule has 0 atom stereocenters. The summed E-state index contributed by atoms with van der Waals surface area (Å²) in [5.74, 6) is 0.890. The fourth-order valence-corrected chi connectivity index (χ4v) is 1.04. The zero-order chi connectivity index (χ0) is 10.4. The minimum absolute atomic E-state index is 0.0468. The average molecular weight is 194 g/mol. The van der Waals surface area contributed by atoms with Gasteiger partial charge in [0.1, 0.15) is 5.75 Å². The van der Waals surface area contributed by atoms with Gasteiger partial charge in [0.2, 0.25) is 0 Å². The minimum Gasteiger partial charge on any atom is -0.494 e. The lowest BCUT2D eigenvalue weighted by Crippen LogP contribution is -2.19. The Balaban J connectivity index is 2.29. The highest BCUT2D eigenvalue weighted by molar-refractivity contribution is 5.20. The first-order chi connectivity index (χ1) is 6.64. The van der Waals surface area contributed by atoms with Crippen LogP contribution < -0.4 is 4.74 Å². The van der Waals surface area contributed by atoms with Crippen LogP contribution in [0.25, 0.3) is 0 Å². The molecule has 1 N–H and O–H groups in total. The number of hydrogen-bond acceptors (Lipinski definition) is 2. The van der Waals surface area contributed by atoms with E-state index < -0.39 is 0 Å². The van der Waals surface area contributed by atoms with Crippen molar-refractivity contribution < 1.29 is 9.84 Å². The van der Waals surface area contributed by atoms with Crippen LogP contribution in [0.3, 0.4) is 0 Å². The summed E-state index contributed by atoms with van der Waals surface area (Å²) in [4.78, 5) is 0. The summed E-state index contributed by atoms with van der Waals surface area (Å²) < 4.78 is 5.53. The number of ether oxygens (including phenoxy) is 1. The molecule has 0 saturated carbocycles. The second-order valence-corrected chi connectivity index (χ2v) is 4.23. The van der Waals surface area contributed by atoms with Crippen molar-refractivity contribution in [2.24, 2.45) is 5.41 Å². The van der Waals surface area contributed by atoms with E-state index in [0.717, 1.165) is 12.2 Å². The monoisotopic (exact) mass is 194 g/mol. The largest absolute Gasteiger partial charge is 0.494 e. The Bertz CT molecular complexity index is 254. The van der Waals surface area contributed by atoms with Crippen molar-refractivity contribution in [1.82, 2.24) is 0 Å². The van der Waals surface area contributed by atoms with Crippen LogP contribution in [0.15, 0.2) is 30.3 Å². The molecule has 0 aromatic heterocycles. The number of aliphatic hydroxyl groups is 1. The molecule has 0 aliphatic carbocycles. The van der Waals surface area contributed by atoms with E-state index in [9.17, 15) is 0 Å². The molecule has 0 saturated heterocycles. The van der Waals surface area contributed by atoms with E-state index in [-0.39, 0.29) is 12.0 Å². The van der Waals surface area contributed by atoms with E-state index in [1.807, 2.05) is 44.2 Å². The van der Waals surface area contributed by atoms with Gasteiger partial charge in [-0.15, -0.1) is 0 Å². The predicted octanol–water partition coefficient (Wildman–Crippen LogP) is 2.47. The minimum atomic E-state index is -0.0468. The molecule has 1 aromatic carbocycles. The molecule has 14 heavy (non-hydrogen) atoms. The van der Waals surface area contributed by atoms with Crippen LogP contribution in [0.2, 0.25) is 0 Å². The van der Waals surface area contributed by atoms with Crippen LogP contribution in [0.1, 0.15) is 20.3 Å². The van der Waals surface area contributed by atoms with Gasteiger partial charge in [-0.05, 0) is 24.0 Å². The highest BCUT2D eigenvalue weighted by Gasteiger charge is 2.15. The van der Waals surface area contributed by atoms with Crippen molar-refractivity contribution in [3.05, 3.63) is 30.3 Å². The summed E-state index contributed by atoms with van der Waals surface area (Å²) in [6.45, 7) is 4.91. The quantitative estimate of drug-likeness (QED) is 0.780. The lowest BCUT2D eigenvalue weighted by Gasteiger charge is -2.21. The molecular formula is C12H18O2. The van der Waals surface area contributed by atoms with E-state index in [4.69, 9.17) is 9.84 Å². The fraction of sp³-hybridized carbons (Fsp3) is 0.500. The normalized spacial score (nSPS) is 11.4. The first kappa shape index (κ1) is 11.1. The van der Waals surface area contributed by atoms with Crippen molar-refractivity contribution in [3.8, 4) is 5.75 Å². The molecule has 1 aromatic rings. The van der Waals surface area contributed by atoms with E-state index in [2.05, 4.69) is 0 Å². The van der Waals surface area contributed by atoms with Crippen molar-refractivity contribution in [2.75, 3.05) is 13.2 Å². The van der Waals surface area contributed by atoms with Gasteiger partial charge in [-0.3, -0.25) is 0 Å². The lowest BCUT2D eigenvalue weighted by atomic mass is 9.91. The molecule has 0 amide bonds. The van der Waals surface area contributed by atoms with Gasteiger partial charge >= 0.3 is 0 Å². The van der Waals surface area contributed by atoms with E-state index in [0.29, 0.717) is 6.61 Å². The lowest BCUT2D eigenvalue weighted by molar-refractivity contribution is 0.128. The first-order valence-corrected chi connectivity index (χ1v) is 4.93. The fourth-order valence-electron chi connectivity index (χ4n) is 1.04. The van der Waals surface area contributed by atoms with Gasteiger partial charge in [-0.2, -0.15) is 0 Å². The Kier molecular flexibility index (Phi) is 3.96. The zero-order valence-corrected chi connectivity index (χ0v) is 8.86. The van der Waals surface area contributed by atoms with Gasteiger partial charge in [0, 0.05) is 6.61 Å². The van der Waals surface area contributed by atoms with Crippen molar-refractivity contribution >= 4 is 0 Å². The molecule has 78 valence electrons. The molecule has 0 unspecified atom stereocenters. The third kappa shape index (κ3) is 3.79. The summed E-state index contributed by atoms with van der Waals surface area (Å²) in [6, 6.07) is 9.74. The Hall–Kier alpha value is -1.02. The molecule has 0 radical (unpaired) electrons. The van der Waals surface area contributed by atoms with Crippen LogP contribution in [0, 0.1) is 5.41 Å². The Morgan fingerprint density at radius 2 is 1.86 bits per heavy atom. The second-order valence-electron chi connectivity index (χ2n) is 4.23. The van der Waals surface area contributed by atoms with Crippen LogP contribution in [0.5, 0.6) is 5.75 Å². The maximum Gasteiger partial charge on any atom is 0.119 e. The van der Waals surface area contributed by atoms with Gasteiger partial charge < -0.3 is 9.84 Å². The highest BCUT2D eigenvalue weighted by Crippen LogP contribution is 2.19. The number of aliphatic hydroxyl groups excluding tert-OH is 1. The standard InChI is InChI=1S/C12H18O2/c1-12(2,10-13)8-9-14-11-6-4-3-5-7-11/h3-7,13H,8-10H2,1-2H3. The summed E-state index contributed by atoms with van der Waals surface area (Å²) in [7, 11) is 0. The van der Waals surface area contributed by atoms with E-state index in [1.54, 1.807) is 0 Å². The SMILES string of the molecule is CC(C)(CO)CCOc1ccccc1. The third-order valence-corrected chi connectivity index (χ3v) is 2.22. The van der Waals surface area contributed by atoms with Crippen LogP contribution in [0.4, 0.5) is 0 Å². The topological polar surface area (TPSA) is 29.5 Å². The Morgan fingerprint density at radius 3 is 2.43 bits per heavy atom. The maximum absolute atomic E-state index is 9.04. The summed E-state index contributed by atoms with van der Waals surface area (Å²) in [5.41, 5.74) is -0.0468. The molecule has 0 aliphatic heterocycles. The smallest absolute Gasteiger partial charge is 0.119 e. The number of hydrogen-bond donors (Lipinski definition) is 1. The molecule has 1 rings (SSSR count). The van der Waals surface area contributed by atoms with Gasteiger partial charge in [0.05, 0.1) is 6.61 Å². The second kappa shape index (κ2) is 5.01. The van der Waals surface area contributed by atoms with Crippen molar-refractivity contribution in [3.63, 3.8) is 0 Å². The van der Waals surface area contributed by atoms with Crippen molar-refractivity contribution in [2.45, 2.75) is 20.3 Å². The van der Waals surface area contributed by atoms with E-state index in [1.165, 1.54) is 0 Å². The van der Waals surface area contributed by atoms with Crippen molar-refractivity contribution in [1.29, 1.82) is 0 Å². The van der Waals surface area contributed by atoms with Gasteiger partial charge in [-0.25, -0.2) is 0 Å². The van der Waals surface area contributed by atoms with Crippen LogP contribution >= 0.6 is 0 Å². The molecule has 2 heteroatoms. The van der Waals surface area contributed by atoms with Gasteiger partial charge in [0.25, 0.3) is 0 Å². The van der Waals surface area contributed by atoms with E-state index >= 15 is 0 Å². The molecule has 2 nitrogen and oxygen atoms in total. The molecular weight excluding hydrogens is 176 g/mol. The first-order valence-electron chi connectivity index (χ1n) is 4.93. The summed E-state index contributed by atoms with van der Waals surface area (Å²) in [6.07, 6.45) is 0.860. The molecule has 0 fully saturated rings. The summed E-state index contributed by atoms with van der Waals surface area (Å²) >= 11 is 0. The molecule has 0 aliphatic rings. The highest BCUT2D eigenvalue weighted by atomic mass is 16.5. The number of benzene rings is 1. The van der Waals surface area contributed by atoms with Gasteiger partial charge in [0.15, 0.2) is 0 Å². The molecule has 0 spiro atoms. The molecule has 0 bridgehead atoms. The molecule has 0 heterocycles.